The van der Waals surface area contributed by atoms with Crippen molar-refractivity contribution in [1.29, 1.82) is 0 Å². The molecule has 6 heteroatoms. The highest BCUT2D eigenvalue weighted by molar-refractivity contribution is 7.86. The summed E-state index contributed by atoms with van der Waals surface area (Å²) in [5, 5.41) is 2.32. The highest BCUT2D eigenvalue weighted by atomic mass is 32.3. The summed E-state index contributed by atoms with van der Waals surface area (Å²) in [6.07, 6.45) is 1.02. The van der Waals surface area contributed by atoms with E-state index in [9.17, 15) is 17.1 Å². The molecular weight excluding hydrogens is 221 g/mol. The van der Waals surface area contributed by atoms with Gasteiger partial charge in [-0.05, 0) is 24.3 Å². The standard InChI is InChI=1S/C9H8FNO3S/c1-2-9(12)11-7-4-3-5-8(6-7)15(10,13)14/h2-6H,1H2,(H,11,12). The number of amides is 1. The molecule has 1 N–H and O–H groups in total. The molecule has 0 aliphatic carbocycles. The number of hydrogen-bond donors (Lipinski definition) is 1. The lowest BCUT2D eigenvalue weighted by Gasteiger charge is -2.02. The van der Waals surface area contributed by atoms with Crippen LogP contribution in [-0.4, -0.2) is 14.3 Å². The van der Waals surface area contributed by atoms with Crippen molar-refractivity contribution in [3.8, 4) is 0 Å². The van der Waals surface area contributed by atoms with Gasteiger partial charge in [0.15, 0.2) is 0 Å². The van der Waals surface area contributed by atoms with Gasteiger partial charge in [0.25, 0.3) is 0 Å². The van der Waals surface area contributed by atoms with Crippen LogP contribution in [0.4, 0.5) is 9.57 Å². The molecule has 0 aliphatic heterocycles. The summed E-state index contributed by atoms with van der Waals surface area (Å²) >= 11 is 0. The Morgan fingerprint density at radius 3 is 2.67 bits per heavy atom. The van der Waals surface area contributed by atoms with Crippen LogP contribution in [0.1, 0.15) is 0 Å². The molecule has 1 aromatic rings. The molecule has 0 saturated heterocycles. The minimum Gasteiger partial charge on any atom is -0.322 e. The maximum absolute atomic E-state index is 12.6. The van der Waals surface area contributed by atoms with E-state index < -0.39 is 21.0 Å². The van der Waals surface area contributed by atoms with E-state index in [-0.39, 0.29) is 5.69 Å². The molecule has 0 aromatic heterocycles. The lowest BCUT2D eigenvalue weighted by Crippen LogP contribution is -2.07. The maximum atomic E-state index is 12.6. The fourth-order valence-electron chi connectivity index (χ4n) is 0.919. The first-order valence-electron chi connectivity index (χ1n) is 3.91. The van der Waals surface area contributed by atoms with Crippen molar-refractivity contribution >= 4 is 21.8 Å². The van der Waals surface area contributed by atoms with Crippen molar-refractivity contribution < 1.29 is 17.1 Å². The van der Waals surface area contributed by atoms with Gasteiger partial charge >= 0.3 is 10.2 Å². The third-order valence-electron chi connectivity index (χ3n) is 1.57. The van der Waals surface area contributed by atoms with Crippen LogP contribution in [0.2, 0.25) is 0 Å². The normalized spacial score (nSPS) is 10.7. The molecule has 0 saturated carbocycles. The second kappa shape index (κ2) is 4.22. The minimum atomic E-state index is -4.74. The summed E-state index contributed by atoms with van der Waals surface area (Å²) in [6.45, 7) is 3.22. The average Bonchev–Trinajstić information content (AvgIpc) is 2.17. The summed E-state index contributed by atoms with van der Waals surface area (Å²) in [5.74, 6) is -0.497. The topological polar surface area (TPSA) is 63.2 Å². The van der Waals surface area contributed by atoms with E-state index in [0.717, 1.165) is 18.2 Å². The highest BCUT2D eigenvalue weighted by Crippen LogP contribution is 2.17. The minimum absolute atomic E-state index is 0.193. The number of hydrogen-bond acceptors (Lipinski definition) is 3. The molecule has 1 amide bonds. The van der Waals surface area contributed by atoms with Crippen molar-refractivity contribution in [2.45, 2.75) is 4.90 Å². The smallest absolute Gasteiger partial charge is 0.322 e. The van der Waals surface area contributed by atoms with Gasteiger partial charge in [-0.3, -0.25) is 4.79 Å². The van der Waals surface area contributed by atoms with Gasteiger partial charge in [0.2, 0.25) is 5.91 Å². The van der Waals surface area contributed by atoms with Crippen LogP contribution < -0.4 is 5.32 Å². The SMILES string of the molecule is C=CC(=O)Nc1cccc(S(=O)(=O)F)c1. The Labute approximate surface area is 86.6 Å². The summed E-state index contributed by atoms with van der Waals surface area (Å²) in [7, 11) is -4.74. The van der Waals surface area contributed by atoms with Gasteiger partial charge in [0, 0.05) is 5.69 Å². The molecule has 0 heterocycles. The maximum Gasteiger partial charge on any atom is 0.332 e. The average molecular weight is 229 g/mol. The highest BCUT2D eigenvalue weighted by Gasteiger charge is 2.11. The van der Waals surface area contributed by atoms with E-state index in [0.29, 0.717) is 0 Å². The van der Waals surface area contributed by atoms with E-state index >= 15 is 0 Å². The van der Waals surface area contributed by atoms with Gasteiger partial charge in [-0.25, -0.2) is 0 Å². The molecule has 0 atom stereocenters. The zero-order chi connectivity index (χ0) is 11.5. The Kier molecular flexibility index (Phi) is 3.21. The molecule has 0 fully saturated rings. The van der Waals surface area contributed by atoms with Crippen molar-refractivity contribution in [1.82, 2.24) is 0 Å². The fourth-order valence-corrected chi connectivity index (χ4v) is 1.43. The Hall–Kier alpha value is -1.69. The van der Waals surface area contributed by atoms with E-state index in [1.54, 1.807) is 0 Å². The first kappa shape index (κ1) is 11.4. The first-order chi connectivity index (χ1) is 6.93. The molecular formula is C9H8FNO3S. The lowest BCUT2D eigenvalue weighted by molar-refractivity contribution is -0.111. The molecule has 4 nitrogen and oxygen atoms in total. The molecule has 0 spiro atoms. The Balaban J connectivity index is 3.03. The monoisotopic (exact) mass is 229 g/mol. The van der Waals surface area contributed by atoms with E-state index in [2.05, 4.69) is 11.9 Å². The summed E-state index contributed by atoms with van der Waals surface area (Å²) in [5.41, 5.74) is 0.193. The number of anilines is 1. The van der Waals surface area contributed by atoms with Gasteiger partial charge in [0.1, 0.15) is 4.90 Å². The van der Waals surface area contributed by atoms with Gasteiger partial charge in [-0.1, -0.05) is 12.6 Å². The summed E-state index contributed by atoms with van der Waals surface area (Å²) < 4.78 is 33.6. The van der Waals surface area contributed by atoms with Crippen LogP contribution in [0.3, 0.4) is 0 Å². The second-order valence-corrected chi connectivity index (χ2v) is 4.01. The molecule has 0 aliphatic rings. The summed E-state index contributed by atoms with van der Waals surface area (Å²) in [6, 6.07) is 4.89. The lowest BCUT2D eigenvalue weighted by atomic mass is 10.3. The van der Waals surface area contributed by atoms with Crippen molar-refractivity contribution in [2.24, 2.45) is 0 Å². The Bertz CT molecular complexity index is 496. The largest absolute Gasteiger partial charge is 0.332 e. The Morgan fingerprint density at radius 1 is 1.47 bits per heavy atom. The van der Waals surface area contributed by atoms with Gasteiger partial charge in [-0.2, -0.15) is 8.42 Å². The zero-order valence-corrected chi connectivity index (χ0v) is 8.42. The number of rotatable bonds is 3. The molecule has 1 rings (SSSR count). The zero-order valence-electron chi connectivity index (χ0n) is 7.60. The van der Waals surface area contributed by atoms with E-state index in [1.807, 2.05) is 0 Å². The molecule has 1 aromatic carbocycles. The summed E-state index contributed by atoms with van der Waals surface area (Å²) in [4.78, 5) is 10.4. The van der Waals surface area contributed by atoms with Crippen LogP contribution in [0.25, 0.3) is 0 Å². The van der Waals surface area contributed by atoms with Crippen molar-refractivity contribution in [3.05, 3.63) is 36.9 Å². The molecule has 0 bridgehead atoms. The molecule has 0 unspecified atom stereocenters. The Morgan fingerprint density at radius 2 is 2.13 bits per heavy atom. The molecule has 0 radical (unpaired) electrons. The van der Waals surface area contributed by atoms with E-state index in [1.165, 1.54) is 12.1 Å². The third kappa shape index (κ3) is 3.17. The predicted octanol–water partition coefficient (Wildman–Crippen LogP) is 1.47. The number of benzene rings is 1. The van der Waals surface area contributed by atoms with Crippen LogP contribution in [0.15, 0.2) is 41.8 Å². The second-order valence-electron chi connectivity index (χ2n) is 2.66. The fraction of sp³-hybridized carbons (Fsp3) is 0. The molecule has 15 heavy (non-hydrogen) atoms. The third-order valence-corrected chi connectivity index (χ3v) is 2.39. The first-order valence-corrected chi connectivity index (χ1v) is 5.30. The van der Waals surface area contributed by atoms with E-state index in [4.69, 9.17) is 0 Å². The van der Waals surface area contributed by atoms with Crippen LogP contribution in [-0.2, 0) is 15.0 Å². The number of carbonyl (C=O) groups is 1. The van der Waals surface area contributed by atoms with Crippen LogP contribution >= 0.6 is 0 Å². The van der Waals surface area contributed by atoms with Gasteiger partial charge in [0.05, 0.1) is 0 Å². The van der Waals surface area contributed by atoms with Gasteiger partial charge in [-0.15, -0.1) is 3.89 Å². The predicted molar refractivity (Wildman–Crippen MR) is 53.6 cm³/mol. The van der Waals surface area contributed by atoms with Crippen LogP contribution in [0, 0.1) is 0 Å². The molecule has 80 valence electrons. The van der Waals surface area contributed by atoms with Crippen molar-refractivity contribution in [3.63, 3.8) is 0 Å². The van der Waals surface area contributed by atoms with Crippen LogP contribution in [0.5, 0.6) is 0 Å². The number of halogens is 1. The number of nitrogens with one attached hydrogen (secondary N) is 1. The quantitative estimate of drug-likeness (QED) is 0.630. The number of carbonyl (C=O) groups excluding carboxylic acids is 1. The van der Waals surface area contributed by atoms with Gasteiger partial charge < -0.3 is 5.32 Å². The van der Waals surface area contributed by atoms with Crippen molar-refractivity contribution in [2.75, 3.05) is 5.32 Å².